The van der Waals surface area contributed by atoms with Crippen LogP contribution < -0.4 is 0 Å². The van der Waals surface area contributed by atoms with E-state index in [0.29, 0.717) is 5.16 Å². The summed E-state index contributed by atoms with van der Waals surface area (Å²) in [6.07, 6.45) is 1.68. The third-order valence-electron chi connectivity index (χ3n) is 0.389. The summed E-state index contributed by atoms with van der Waals surface area (Å²) in [5, 5.41) is 0.454. The van der Waals surface area contributed by atoms with Gasteiger partial charge < -0.3 is 0 Å². The molecule has 1 nitrogen and oxygen atoms in total. The summed E-state index contributed by atoms with van der Waals surface area (Å²) in [6.45, 7) is 11.0. The van der Waals surface area contributed by atoms with Crippen LogP contribution in [0, 0.1) is 0 Å². The molecular formula is C6H10ClN. The first-order valence-corrected chi connectivity index (χ1v) is 2.47. The van der Waals surface area contributed by atoms with Crippen molar-refractivity contribution >= 4 is 18.3 Å². The summed E-state index contributed by atoms with van der Waals surface area (Å²) < 4.78 is 0. The van der Waals surface area contributed by atoms with Gasteiger partial charge in [0, 0.05) is 0 Å². The Balaban J connectivity index is 0. The van der Waals surface area contributed by atoms with Gasteiger partial charge in [0.25, 0.3) is 0 Å². The fourth-order valence-electron chi connectivity index (χ4n) is 0.0913. The molecule has 0 aromatic rings. The second kappa shape index (κ2) is 9.67. The molecule has 0 aliphatic heterocycles. The first-order chi connectivity index (χ1) is 3.81. The van der Waals surface area contributed by atoms with Crippen molar-refractivity contribution in [2.45, 2.75) is 6.92 Å². The van der Waals surface area contributed by atoms with E-state index >= 15 is 0 Å². The van der Waals surface area contributed by atoms with Crippen LogP contribution in [0.3, 0.4) is 0 Å². The molecule has 0 aromatic carbocycles. The number of aliphatic imine (C=N–C) groups is 1. The van der Waals surface area contributed by atoms with Gasteiger partial charge in [-0.1, -0.05) is 17.7 Å². The minimum Gasteiger partial charge on any atom is -0.253 e. The zero-order valence-electron chi connectivity index (χ0n) is 5.02. The van der Waals surface area contributed by atoms with Gasteiger partial charge in [0.15, 0.2) is 0 Å². The van der Waals surface area contributed by atoms with Crippen molar-refractivity contribution in [3.63, 3.8) is 0 Å². The van der Waals surface area contributed by atoms with E-state index in [1.807, 2.05) is 0 Å². The molecule has 0 bridgehead atoms. The van der Waals surface area contributed by atoms with E-state index in [9.17, 15) is 0 Å². The molecule has 0 aliphatic carbocycles. The standard InChI is InChI=1S/C4H6ClN.C2H4/c1-3-4(5)6-2;1-2/h3H,2H2,1H3;1-2H2/b4-3-;. The van der Waals surface area contributed by atoms with E-state index in [2.05, 4.69) is 24.9 Å². The molecule has 0 saturated carbocycles. The second-order valence-corrected chi connectivity index (χ2v) is 1.16. The SMILES string of the molecule is C=C.C=N/C(Cl)=C\C. The Bertz CT molecular complexity index is 86.5. The van der Waals surface area contributed by atoms with Crippen molar-refractivity contribution in [1.29, 1.82) is 0 Å². The highest BCUT2D eigenvalue weighted by molar-refractivity contribution is 6.29. The molecule has 0 saturated heterocycles. The van der Waals surface area contributed by atoms with E-state index < -0.39 is 0 Å². The maximum atomic E-state index is 5.28. The quantitative estimate of drug-likeness (QED) is 0.295. The Morgan fingerprint density at radius 3 is 2.00 bits per heavy atom. The topological polar surface area (TPSA) is 12.4 Å². The van der Waals surface area contributed by atoms with E-state index in [0.717, 1.165) is 0 Å². The average Bonchev–Trinajstić information content (AvgIpc) is 1.91. The number of nitrogens with zero attached hydrogens (tertiary/aromatic N) is 1. The van der Waals surface area contributed by atoms with Crippen molar-refractivity contribution in [2.24, 2.45) is 4.99 Å². The van der Waals surface area contributed by atoms with Gasteiger partial charge in [-0.2, -0.15) is 0 Å². The van der Waals surface area contributed by atoms with Crippen molar-refractivity contribution in [2.75, 3.05) is 0 Å². The van der Waals surface area contributed by atoms with E-state index in [1.54, 1.807) is 13.0 Å². The highest BCUT2D eigenvalue weighted by Crippen LogP contribution is 1.97. The molecule has 2 heteroatoms. The van der Waals surface area contributed by atoms with Crippen LogP contribution in [-0.2, 0) is 0 Å². The molecule has 0 fully saturated rings. The molecule has 0 unspecified atom stereocenters. The molecule has 0 aromatic heterocycles. The van der Waals surface area contributed by atoms with Gasteiger partial charge in [0.05, 0.1) is 0 Å². The number of rotatable bonds is 1. The third kappa shape index (κ3) is 9.06. The van der Waals surface area contributed by atoms with Crippen molar-refractivity contribution < 1.29 is 0 Å². The lowest BCUT2D eigenvalue weighted by atomic mass is 10.7. The number of hydrogen-bond acceptors (Lipinski definition) is 1. The van der Waals surface area contributed by atoms with Gasteiger partial charge in [-0.05, 0) is 13.6 Å². The first-order valence-electron chi connectivity index (χ1n) is 2.09. The summed E-state index contributed by atoms with van der Waals surface area (Å²) in [5.74, 6) is 0. The molecule has 0 amide bonds. The van der Waals surface area contributed by atoms with Crippen molar-refractivity contribution in [3.8, 4) is 0 Å². The van der Waals surface area contributed by atoms with E-state index in [-0.39, 0.29) is 0 Å². The van der Waals surface area contributed by atoms with Crippen LogP contribution in [0.15, 0.2) is 29.4 Å². The van der Waals surface area contributed by atoms with Crippen LogP contribution in [0.1, 0.15) is 6.92 Å². The lowest BCUT2D eigenvalue weighted by Gasteiger charge is -1.75. The minimum atomic E-state index is 0.454. The second-order valence-electron chi connectivity index (χ2n) is 0.770. The van der Waals surface area contributed by atoms with Gasteiger partial charge in [-0.15, -0.1) is 13.2 Å². The third-order valence-corrected chi connectivity index (χ3v) is 0.727. The van der Waals surface area contributed by atoms with E-state index in [1.165, 1.54) is 0 Å². The fraction of sp³-hybridized carbons (Fsp3) is 0.167. The normalized spacial score (nSPS) is 9.00. The van der Waals surface area contributed by atoms with Crippen molar-refractivity contribution in [3.05, 3.63) is 24.4 Å². The van der Waals surface area contributed by atoms with Gasteiger partial charge in [-0.25, -0.2) is 0 Å². The Kier molecular flexibility index (Phi) is 12.6. The lowest BCUT2D eigenvalue weighted by molar-refractivity contribution is 1.51. The zero-order chi connectivity index (χ0) is 6.99. The molecule has 0 spiro atoms. The number of halogens is 1. The van der Waals surface area contributed by atoms with Crippen LogP contribution in [-0.4, -0.2) is 6.72 Å². The Hall–Kier alpha value is -0.560. The monoisotopic (exact) mass is 131 g/mol. The van der Waals surface area contributed by atoms with Crippen LogP contribution in [0.25, 0.3) is 0 Å². The van der Waals surface area contributed by atoms with Crippen LogP contribution in [0.5, 0.6) is 0 Å². The molecule has 0 atom stereocenters. The lowest BCUT2D eigenvalue weighted by Crippen LogP contribution is -1.52. The molecule has 46 valence electrons. The van der Waals surface area contributed by atoms with Gasteiger partial charge >= 0.3 is 0 Å². The Morgan fingerprint density at radius 1 is 1.62 bits per heavy atom. The number of allylic oxidation sites excluding steroid dienone is 1. The maximum absolute atomic E-state index is 5.28. The largest absolute Gasteiger partial charge is 0.253 e. The molecule has 0 rings (SSSR count). The zero-order valence-corrected chi connectivity index (χ0v) is 5.78. The molecular weight excluding hydrogens is 122 g/mol. The highest BCUT2D eigenvalue weighted by Gasteiger charge is 1.71. The van der Waals surface area contributed by atoms with Gasteiger partial charge in [0.2, 0.25) is 0 Å². The fourth-order valence-corrected chi connectivity index (χ4v) is 0.0913. The smallest absolute Gasteiger partial charge is 0.124 e. The van der Waals surface area contributed by atoms with Crippen molar-refractivity contribution in [1.82, 2.24) is 0 Å². The van der Waals surface area contributed by atoms with Gasteiger partial charge in [0.1, 0.15) is 5.16 Å². The highest BCUT2D eigenvalue weighted by atomic mass is 35.5. The molecule has 0 heterocycles. The maximum Gasteiger partial charge on any atom is 0.124 e. The first kappa shape index (κ1) is 10.4. The summed E-state index contributed by atoms with van der Waals surface area (Å²) >= 11 is 5.28. The van der Waals surface area contributed by atoms with Crippen LogP contribution in [0.2, 0.25) is 0 Å². The predicted molar refractivity (Wildman–Crippen MR) is 40.4 cm³/mol. The molecule has 0 N–H and O–H groups in total. The summed E-state index contributed by atoms with van der Waals surface area (Å²) in [5.41, 5.74) is 0. The van der Waals surface area contributed by atoms with Gasteiger partial charge in [-0.3, -0.25) is 4.99 Å². The number of hydrogen-bond donors (Lipinski definition) is 0. The van der Waals surface area contributed by atoms with Crippen LogP contribution >= 0.6 is 11.6 Å². The minimum absolute atomic E-state index is 0.454. The predicted octanol–water partition coefficient (Wildman–Crippen LogP) is 2.59. The Morgan fingerprint density at radius 2 is 2.00 bits per heavy atom. The average molecular weight is 132 g/mol. The van der Waals surface area contributed by atoms with E-state index in [4.69, 9.17) is 11.6 Å². The summed E-state index contributed by atoms with van der Waals surface area (Å²) in [6, 6.07) is 0. The van der Waals surface area contributed by atoms with Crippen LogP contribution in [0.4, 0.5) is 0 Å². The summed E-state index contributed by atoms with van der Waals surface area (Å²) in [7, 11) is 0. The molecule has 8 heavy (non-hydrogen) atoms. The Labute approximate surface area is 55.4 Å². The summed E-state index contributed by atoms with van der Waals surface area (Å²) in [4.78, 5) is 3.38. The molecule has 0 radical (unpaired) electrons. The molecule has 0 aliphatic rings.